The predicted molar refractivity (Wildman–Crippen MR) is 83.6 cm³/mol. The second-order valence-electron chi connectivity index (χ2n) is 4.73. The molecule has 2 rings (SSSR count). The van der Waals surface area contributed by atoms with E-state index < -0.39 is 5.97 Å². The van der Waals surface area contributed by atoms with E-state index in [9.17, 15) is 9.59 Å². The van der Waals surface area contributed by atoms with E-state index in [0.717, 1.165) is 11.3 Å². The lowest BCUT2D eigenvalue weighted by molar-refractivity contribution is 0.0598. The maximum Gasteiger partial charge on any atom is 0.338 e. The molecule has 0 aliphatic carbocycles. The van der Waals surface area contributed by atoms with E-state index in [0.29, 0.717) is 12.0 Å². The van der Waals surface area contributed by atoms with Gasteiger partial charge in [-0.2, -0.15) is 0 Å². The largest absolute Gasteiger partial charge is 0.465 e. The summed E-state index contributed by atoms with van der Waals surface area (Å²) in [5.74, 6) is -0.548. The minimum Gasteiger partial charge on any atom is -0.465 e. The van der Waals surface area contributed by atoms with Crippen molar-refractivity contribution in [3.05, 3.63) is 59.2 Å². The molecule has 1 N–H and O–H groups in total. The Labute approximate surface area is 128 Å². The van der Waals surface area contributed by atoms with Crippen LogP contribution in [0.15, 0.2) is 42.5 Å². The lowest BCUT2D eigenvalue weighted by Gasteiger charge is -2.22. The molecule has 22 heavy (non-hydrogen) atoms. The van der Waals surface area contributed by atoms with Crippen molar-refractivity contribution >= 4 is 23.6 Å². The van der Waals surface area contributed by atoms with Crippen molar-refractivity contribution in [3.8, 4) is 0 Å². The van der Waals surface area contributed by atoms with E-state index >= 15 is 0 Å². The monoisotopic (exact) mass is 299 g/mol. The molecule has 0 aromatic heterocycles. The van der Waals surface area contributed by atoms with Crippen LogP contribution in [-0.4, -0.2) is 31.5 Å². The summed E-state index contributed by atoms with van der Waals surface area (Å²) < 4.78 is 4.71. The standard InChI is InChI=1S/C17H17NO4/c1-18(13-8-6-12(10-19)7-9-13)16-5-3-4-14(15(16)11-20)17(21)22-2/h3-9,11,19H,10H2,1-2H3. The third-order valence-electron chi connectivity index (χ3n) is 3.47. The molecule has 0 saturated carbocycles. The van der Waals surface area contributed by atoms with Crippen molar-refractivity contribution in [2.75, 3.05) is 19.1 Å². The van der Waals surface area contributed by atoms with Gasteiger partial charge in [-0.1, -0.05) is 18.2 Å². The Morgan fingerprint density at radius 1 is 1.23 bits per heavy atom. The smallest absolute Gasteiger partial charge is 0.338 e. The molecule has 0 unspecified atom stereocenters. The van der Waals surface area contributed by atoms with E-state index in [1.165, 1.54) is 7.11 Å². The maximum atomic E-state index is 11.8. The zero-order valence-corrected chi connectivity index (χ0v) is 12.4. The maximum absolute atomic E-state index is 11.8. The Hall–Kier alpha value is -2.66. The molecule has 5 nitrogen and oxygen atoms in total. The molecule has 0 radical (unpaired) electrons. The Bertz CT molecular complexity index is 680. The molecule has 5 heteroatoms. The van der Waals surface area contributed by atoms with Crippen LogP contribution in [0.1, 0.15) is 26.3 Å². The Morgan fingerprint density at radius 2 is 1.91 bits per heavy atom. The summed E-state index contributed by atoms with van der Waals surface area (Å²) in [6, 6.07) is 12.3. The van der Waals surface area contributed by atoms with Crippen molar-refractivity contribution in [1.82, 2.24) is 0 Å². The molecule has 2 aromatic carbocycles. The topological polar surface area (TPSA) is 66.8 Å². The number of methoxy groups -OCH3 is 1. The van der Waals surface area contributed by atoms with Crippen LogP contribution in [0.5, 0.6) is 0 Å². The zero-order chi connectivity index (χ0) is 16.1. The first-order valence-corrected chi connectivity index (χ1v) is 6.72. The van der Waals surface area contributed by atoms with E-state index in [4.69, 9.17) is 9.84 Å². The minimum atomic E-state index is -0.548. The third kappa shape index (κ3) is 2.99. The van der Waals surface area contributed by atoms with E-state index in [1.807, 2.05) is 12.1 Å². The number of ether oxygens (including phenoxy) is 1. The fourth-order valence-corrected chi connectivity index (χ4v) is 2.22. The molecule has 0 saturated heterocycles. The van der Waals surface area contributed by atoms with Crippen LogP contribution in [0, 0.1) is 0 Å². The van der Waals surface area contributed by atoms with Crippen LogP contribution in [-0.2, 0) is 11.3 Å². The SMILES string of the molecule is COC(=O)c1cccc(N(C)c2ccc(CO)cc2)c1C=O. The van der Waals surface area contributed by atoms with Crippen molar-refractivity contribution in [1.29, 1.82) is 0 Å². The van der Waals surface area contributed by atoms with Gasteiger partial charge in [-0.3, -0.25) is 4.79 Å². The number of rotatable bonds is 5. The number of aliphatic hydroxyl groups excluding tert-OH is 1. The fraction of sp³-hybridized carbons (Fsp3) is 0.176. The van der Waals surface area contributed by atoms with E-state index in [1.54, 1.807) is 42.3 Å². The van der Waals surface area contributed by atoms with Gasteiger partial charge >= 0.3 is 5.97 Å². The molecule has 0 amide bonds. The number of nitrogens with zero attached hydrogens (tertiary/aromatic N) is 1. The van der Waals surface area contributed by atoms with Crippen LogP contribution in [0.4, 0.5) is 11.4 Å². The molecule has 0 spiro atoms. The summed E-state index contributed by atoms with van der Waals surface area (Å²) in [4.78, 5) is 25.0. The highest BCUT2D eigenvalue weighted by Gasteiger charge is 2.17. The molecule has 0 bridgehead atoms. The highest BCUT2D eigenvalue weighted by molar-refractivity contribution is 6.02. The number of esters is 1. The zero-order valence-electron chi connectivity index (χ0n) is 12.4. The minimum absolute atomic E-state index is 0.0264. The second kappa shape index (κ2) is 6.87. The van der Waals surface area contributed by atoms with Crippen LogP contribution in [0.2, 0.25) is 0 Å². The molecule has 0 heterocycles. The number of aldehydes is 1. The second-order valence-corrected chi connectivity index (χ2v) is 4.73. The molecule has 0 atom stereocenters. The summed E-state index contributed by atoms with van der Waals surface area (Å²) in [5, 5.41) is 9.08. The lowest BCUT2D eigenvalue weighted by Crippen LogP contribution is -2.15. The van der Waals surface area contributed by atoms with Gasteiger partial charge in [0.25, 0.3) is 0 Å². The van der Waals surface area contributed by atoms with Gasteiger partial charge in [-0.25, -0.2) is 4.79 Å². The van der Waals surface area contributed by atoms with E-state index in [2.05, 4.69) is 0 Å². The molecule has 114 valence electrons. The van der Waals surface area contributed by atoms with Gasteiger partial charge in [-0.05, 0) is 29.8 Å². The number of carbonyl (C=O) groups excluding carboxylic acids is 2. The first-order chi connectivity index (χ1) is 10.6. The quantitative estimate of drug-likeness (QED) is 0.679. The number of aliphatic hydroxyl groups is 1. The average Bonchev–Trinajstić information content (AvgIpc) is 2.59. The first kappa shape index (κ1) is 15.7. The van der Waals surface area contributed by atoms with Crippen LogP contribution >= 0.6 is 0 Å². The van der Waals surface area contributed by atoms with Crippen LogP contribution in [0.25, 0.3) is 0 Å². The summed E-state index contributed by atoms with van der Waals surface area (Å²) in [6.45, 7) is -0.0264. The van der Waals surface area contributed by atoms with Crippen molar-refractivity contribution in [3.63, 3.8) is 0 Å². The lowest BCUT2D eigenvalue weighted by atomic mass is 10.0. The fourth-order valence-electron chi connectivity index (χ4n) is 2.22. The van der Waals surface area contributed by atoms with Gasteiger partial charge < -0.3 is 14.7 Å². The summed E-state index contributed by atoms with van der Waals surface area (Å²) >= 11 is 0. The predicted octanol–water partition coefficient (Wildman–Crippen LogP) is 2.55. The van der Waals surface area contributed by atoms with Crippen LogP contribution < -0.4 is 4.90 Å². The Balaban J connectivity index is 2.46. The van der Waals surface area contributed by atoms with E-state index in [-0.39, 0.29) is 17.7 Å². The van der Waals surface area contributed by atoms with Crippen LogP contribution in [0.3, 0.4) is 0 Å². The summed E-state index contributed by atoms with van der Waals surface area (Å²) in [5.41, 5.74) is 2.75. The average molecular weight is 299 g/mol. The molecule has 0 fully saturated rings. The number of hydrogen-bond donors (Lipinski definition) is 1. The number of carbonyl (C=O) groups is 2. The van der Waals surface area contributed by atoms with Gasteiger partial charge in [0.1, 0.15) is 0 Å². The molecule has 0 aliphatic heterocycles. The van der Waals surface area contributed by atoms with Crippen molar-refractivity contribution in [2.45, 2.75) is 6.61 Å². The Kier molecular flexibility index (Phi) is 4.91. The summed E-state index contributed by atoms with van der Waals surface area (Å²) in [6.07, 6.45) is 0.653. The first-order valence-electron chi connectivity index (χ1n) is 6.72. The highest BCUT2D eigenvalue weighted by atomic mass is 16.5. The van der Waals surface area contributed by atoms with Gasteiger partial charge in [0.2, 0.25) is 0 Å². The number of anilines is 2. The van der Waals surface area contributed by atoms with Crippen molar-refractivity contribution < 1.29 is 19.4 Å². The van der Waals surface area contributed by atoms with Gasteiger partial charge in [0.15, 0.2) is 6.29 Å². The van der Waals surface area contributed by atoms with Gasteiger partial charge in [0.05, 0.1) is 30.5 Å². The Morgan fingerprint density at radius 3 is 2.45 bits per heavy atom. The normalized spacial score (nSPS) is 10.1. The number of hydrogen-bond acceptors (Lipinski definition) is 5. The number of benzene rings is 2. The molecule has 2 aromatic rings. The molecular formula is C17H17NO4. The van der Waals surface area contributed by atoms with Gasteiger partial charge in [0, 0.05) is 12.7 Å². The molecular weight excluding hydrogens is 282 g/mol. The highest BCUT2D eigenvalue weighted by Crippen LogP contribution is 2.28. The third-order valence-corrected chi connectivity index (χ3v) is 3.47. The van der Waals surface area contributed by atoms with Gasteiger partial charge in [-0.15, -0.1) is 0 Å². The molecule has 0 aliphatic rings. The van der Waals surface area contributed by atoms with Crippen molar-refractivity contribution in [2.24, 2.45) is 0 Å². The summed E-state index contributed by atoms with van der Waals surface area (Å²) in [7, 11) is 3.08.